The first-order valence-electron chi connectivity index (χ1n) is 8.89. The molecule has 0 radical (unpaired) electrons. The molecule has 0 aliphatic heterocycles. The van der Waals surface area contributed by atoms with Gasteiger partial charge in [-0.1, -0.05) is 31.9 Å². The van der Waals surface area contributed by atoms with E-state index in [1.165, 1.54) is 15.9 Å². The van der Waals surface area contributed by atoms with Crippen LogP contribution in [0.15, 0.2) is 35.2 Å². The molecule has 0 aliphatic rings. The van der Waals surface area contributed by atoms with Crippen LogP contribution < -0.4 is 0 Å². The lowest BCUT2D eigenvalue weighted by Gasteiger charge is -2.18. The molecule has 0 aliphatic carbocycles. The largest absolute Gasteiger partial charge is 0.481 e. The van der Waals surface area contributed by atoms with E-state index in [9.17, 15) is 9.59 Å². The number of ether oxygens (including phenoxy) is 1. The molecular weight excluding hydrogens is 366 g/mol. The summed E-state index contributed by atoms with van der Waals surface area (Å²) >= 11 is 1.42. The number of carbonyl (C=O) groups is 2. The summed E-state index contributed by atoms with van der Waals surface area (Å²) in [6.07, 6.45) is 1.69. The Morgan fingerprint density at radius 3 is 2.81 bits per heavy atom. The van der Waals surface area contributed by atoms with Crippen molar-refractivity contribution in [3.63, 3.8) is 0 Å². The number of para-hydroxylation sites is 2. The Hall–Kier alpha value is -2.74. The Labute approximate surface area is 160 Å². The third-order valence-corrected chi connectivity index (χ3v) is 4.82. The van der Waals surface area contributed by atoms with Crippen molar-refractivity contribution in [3.05, 3.63) is 35.2 Å². The van der Waals surface area contributed by atoms with Crippen molar-refractivity contribution in [2.45, 2.75) is 45.1 Å². The smallest absolute Gasteiger partial charge is 0.420 e. The van der Waals surface area contributed by atoms with E-state index in [2.05, 4.69) is 9.97 Å². The standard InChI is InChI=1S/C19H21N3O4S/c1-2-3-6-13(9-10-17(23)24)26-19(25)22-16-8-5-4-7-14(16)21-18(22)15-11-27-12-20-15/h4-5,7-8,11-13H,2-3,6,9-10H2,1H3,(H,23,24). The minimum Gasteiger partial charge on any atom is -0.481 e. The first-order chi connectivity index (χ1) is 13.1. The summed E-state index contributed by atoms with van der Waals surface area (Å²) in [4.78, 5) is 32.7. The molecule has 2 heterocycles. The third-order valence-electron chi connectivity index (χ3n) is 4.23. The molecule has 1 N–H and O–H groups in total. The van der Waals surface area contributed by atoms with E-state index < -0.39 is 18.2 Å². The van der Waals surface area contributed by atoms with E-state index in [0.717, 1.165) is 12.8 Å². The zero-order chi connectivity index (χ0) is 19.2. The molecule has 142 valence electrons. The highest BCUT2D eigenvalue weighted by molar-refractivity contribution is 7.07. The molecule has 1 unspecified atom stereocenters. The van der Waals surface area contributed by atoms with E-state index in [1.807, 2.05) is 30.5 Å². The third kappa shape index (κ3) is 4.51. The lowest BCUT2D eigenvalue weighted by atomic mass is 10.1. The minimum atomic E-state index is -0.899. The van der Waals surface area contributed by atoms with Crippen LogP contribution in [0.25, 0.3) is 22.6 Å². The number of fused-ring (bicyclic) bond motifs is 1. The highest BCUT2D eigenvalue weighted by Gasteiger charge is 2.23. The average molecular weight is 387 g/mol. The molecule has 2 aromatic heterocycles. The number of hydrogen-bond donors (Lipinski definition) is 1. The molecule has 1 aromatic carbocycles. The van der Waals surface area contributed by atoms with Crippen LogP contribution in [0, 0.1) is 0 Å². The van der Waals surface area contributed by atoms with Gasteiger partial charge in [-0.15, -0.1) is 11.3 Å². The Bertz CT molecular complexity index is 920. The van der Waals surface area contributed by atoms with Crippen LogP contribution >= 0.6 is 11.3 Å². The molecule has 8 heteroatoms. The van der Waals surface area contributed by atoms with Gasteiger partial charge in [0.2, 0.25) is 0 Å². The maximum absolute atomic E-state index is 13.0. The van der Waals surface area contributed by atoms with Crippen molar-refractivity contribution in [2.24, 2.45) is 0 Å². The van der Waals surface area contributed by atoms with Crippen LogP contribution in [0.1, 0.15) is 39.0 Å². The van der Waals surface area contributed by atoms with Crippen LogP contribution in [0.4, 0.5) is 4.79 Å². The molecule has 27 heavy (non-hydrogen) atoms. The van der Waals surface area contributed by atoms with Crippen molar-refractivity contribution in [1.29, 1.82) is 0 Å². The van der Waals surface area contributed by atoms with Gasteiger partial charge in [0.05, 0.1) is 16.5 Å². The second kappa shape index (κ2) is 8.77. The first kappa shape index (κ1) is 19.0. The number of imidazole rings is 1. The number of benzene rings is 1. The average Bonchev–Trinajstić information content (AvgIpc) is 3.30. The molecule has 0 spiro atoms. The van der Waals surface area contributed by atoms with Gasteiger partial charge in [-0.05, 0) is 25.0 Å². The van der Waals surface area contributed by atoms with Crippen molar-refractivity contribution >= 4 is 34.4 Å². The fourth-order valence-electron chi connectivity index (χ4n) is 2.88. The number of carbonyl (C=O) groups excluding carboxylic acids is 1. The van der Waals surface area contributed by atoms with E-state index in [1.54, 1.807) is 11.6 Å². The summed E-state index contributed by atoms with van der Waals surface area (Å²) in [5.41, 5.74) is 3.59. The lowest BCUT2D eigenvalue weighted by Crippen LogP contribution is -2.24. The van der Waals surface area contributed by atoms with Crippen LogP contribution in [0.3, 0.4) is 0 Å². The van der Waals surface area contributed by atoms with Crippen molar-refractivity contribution in [2.75, 3.05) is 0 Å². The number of rotatable bonds is 8. The van der Waals surface area contributed by atoms with Crippen LogP contribution in [0.2, 0.25) is 0 Å². The molecule has 0 amide bonds. The van der Waals surface area contributed by atoms with Gasteiger partial charge in [0.25, 0.3) is 0 Å². The fraction of sp³-hybridized carbons (Fsp3) is 0.368. The monoisotopic (exact) mass is 387 g/mol. The van der Waals surface area contributed by atoms with Gasteiger partial charge in [0.1, 0.15) is 11.8 Å². The summed E-state index contributed by atoms with van der Waals surface area (Å²) in [6, 6.07) is 7.32. The molecule has 0 bridgehead atoms. The van der Waals surface area contributed by atoms with Crippen molar-refractivity contribution < 1.29 is 19.4 Å². The highest BCUT2D eigenvalue weighted by Crippen LogP contribution is 2.25. The highest BCUT2D eigenvalue weighted by atomic mass is 32.1. The molecule has 0 saturated carbocycles. The number of carboxylic acid groups (broad SMARTS) is 1. The molecule has 7 nitrogen and oxygen atoms in total. The SMILES string of the molecule is CCCCC(CCC(=O)O)OC(=O)n1c(-c2cscn2)nc2ccccc21. The lowest BCUT2D eigenvalue weighted by molar-refractivity contribution is -0.137. The van der Waals surface area contributed by atoms with Gasteiger partial charge in [-0.3, -0.25) is 4.79 Å². The molecule has 3 aromatic rings. The topological polar surface area (TPSA) is 94.3 Å². The Morgan fingerprint density at radius 2 is 2.11 bits per heavy atom. The summed E-state index contributed by atoms with van der Waals surface area (Å²) < 4.78 is 7.11. The van der Waals surface area contributed by atoms with Crippen molar-refractivity contribution in [3.8, 4) is 11.5 Å². The Morgan fingerprint density at radius 1 is 1.30 bits per heavy atom. The molecule has 1 atom stereocenters. The van der Waals surface area contributed by atoms with Crippen LogP contribution in [0.5, 0.6) is 0 Å². The molecule has 0 fully saturated rings. The predicted molar refractivity (Wildman–Crippen MR) is 103 cm³/mol. The molecular formula is C19H21N3O4S. The summed E-state index contributed by atoms with van der Waals surface area (Å²) in [6.45, 7) is 2.04. The van der Waals surface area contributed by atoms with E-state index in [4.69, 9.17) is 9.84 Å². The van der Waals surface area contributed by atoms with Crippen molar-refractivity contribution in [1.82, 2.24) is 14.5 Å². The number of aliphatic carboxylic acids is 1. The number of unbranched alkanes of at least 4 members (excludes halogenated alkanes) is 1. The first-order valence-corrected chi connectivity index (χ1v) is 9.83. The van der Waals surface area contributed by atoms with E-state index >= 15 is 0 Å². The number of nitrogens with zero attached hydrogens (tertiary/aromatic N) is 3. The number of hydrogen-bond acceptors (Lipinski definition) is 6. The Kier molecular flexibility index (Phi) is 6.18. The second-order valence-corrected chi connectivity index (χ2v) is 6.93. The maximum atomic E-state index is 13.0. The van der Waals surface area contributed by atoms with E-state index in [-0.39, 0.29) is 6.42 Å². The summed E-state index contributed by atoms with van der Waals surface area (Å²) in [5.74, 6) is -0.473. The number of carboxylic acids is 1. The minimum absolute atomic E-state index is 0.0364. The number of thiazole rings is 1. The van der Waals surface area contributed by atoms with Gasteiger partial charge in [0, 0.05) is 11.8 Å². The zero-order valence-corrected chi connectivity index (χ0v) is 15.8. The zero-order valence-electron chi connectivity index (χ0n) is 15.0. The summed E-state index contributed by atoms with van der Waals surface area (Å²) in [7, 11) is 0. The molecule has 0 saturated heterocycles. The van der Waals surface area contributed by atoms with Gasteiger partial charge in [-0.2, -0.15) is 0 Å². The second-order valence-electron chi connectivity index (χ2n) is 6.21. The van der Waals surface area contributed by atoms with Crippen LogP contribution in [-0.4, -0.2) is 37.8 Å². The van der Waals surface area contributed by atoms with Gasteiger partial charge >= 0.3 is 12.1 Å². The summed E-state index contributed by atoms with van der Waals surface area (Å²) in [5, 5.41) is 10.8. The quantitative estimate of drug-likeness (QED) is 0.608. The number of aromatic nitrogens is 3. The van der Waals surface area contributed by atoms with Crippen LogP contribution in [-0.2, 0) is 9.53 Å². The predicted octanol–water partition coefficient (Wildman–Crippen LogP) is 4.57. The van der Waals surface area contributed by atoms with Gasteiger partial charge in [-0.25, -0.2) is 19.3 Å². The maximum Gasteiger partial charge on any atom is 0.420 e. The normalized spacial score (nSPS) is 12.2. The van der Waals surface area contributed by atoms with E-state index in [0.29, 0.717) is 35.4 Å². The Balaban J connectivity index is 1.91. The molecule has 3 rings (SSSR count). The van der Waals surface area contributed by atoms with Gasteiger partial charge < -0.3 is 9.84 Å². The van der Waals surface area contributed by atoms with Gasteiger partial charge in [0.15, 0.2) is 5.82 Å². The fourth-order valence-corrected chi connectivity index (χ4v) is 3.41.